The van der Waals surface area contributed by atoms with Crippen LogP contribution in [0.25, 0.3) is 0 Å². The van der Waals surface area contributed by atoms with E-state index in [0.717, 1.165) is 12.8 Å². The van der Waals surface area contributed by atoms with Crippen LogP contribution >= 0.6 is 0 Å². The summed E-state index contributed by atoms with van der Waals surface area (Å²) < 4.78 is 0. The molecule has 0 saturated heterocycles. The highest BCUT2D eigenvalue weighted by molar-refractivity contribution is 5.51. The van der Waals surface area contributed by atoms with Crippen LogP contribution in [0.4, 0.5) is 0 Å². The lowest BCUT2D eigenvalue weighted by molar-refractivity contribution is 1.17. The number of aryl methyl sites for hydroxylation is 2. The zero-order valence-corrected chi connectivity index (χ0v) is 8.70. The van der Waals surface area contributed by atoms with E-state index in [4.69, 9.17) is 0 Å². The second-order valence-electron chi connectivity index (χ2n) is 4.20. The van der Waals surface area contributed by atoms with Gasteiger partial charge in [0.15, 0.2) is 0 Å². The minimum atomic E-state index is 1.10. The maximum absolute atomic E-state index is 4.08. The summed E-state index contributed by atoms with van der Waals surface area (Å²) in [5.41, 5.74) is 8.78. The van der Waals surface area contributed by atoms with Crippen LogP contribution in [0.5, 0.6) is 0 Å². The van der Waals surface area contributed by atoms with Gasteiger partial charge in [0.1, 0.15) is 0 Å². The summed E-state index contributed by atoms with van der Waals surface area (Å²) in [6.45, 7) is 10.7. The van der Waals surface area contributed by atoms with Crippen LogP contribution in [0.3, 0.4) is 0 Å². The summed E-state index contributed by atoms with van der Waals surface area (Å²) in [6, 6.07) is 2.30. The Morgan fingerprint density at radius 1 is 1.00 bits per heavy atom. The Balaban J connectivity index is 2.69. The van der Waals surface area contributed by atoms with Gasteiger partial charge in [0.05, 0.1) is 0 Å². The zero-order valence-electron chi connectivity index (χ0n) is 8.70. The third kappa shape index (κ3) is 1.21. The summed E-state index contributed by atoms with van der Waals surface area (Å²) >= 11 is 0. The highest BCUT2D eigenvalue weighted by atomic mass is 14.2. The minimum absolute atomic E-state index is 1.10. The van der Waals surface area contributed by atoms with Gasteiger partial charge < -0.3 is 0 Å². The Hall–Kier alpha value is -1.04. The van der Waals surface area contributed by atoms with Crippen LogP contribution in [-0.2, 0) is 12.8 Å². The number of rotatable bonds is 0. The summed E-state index contributed by atoms with van der Waals surface area (Å²) in [7, 11) is 0. The van der Waals surface area contributed by atoms with Crippen molar-refractivity contribution in [2.24, 2.45) is 0 Å². The summed E-state index contributed by atoms with van der Waals surface area (Å²) in [5, 5.41) is 0. The molecular weight excluding hydrogens is 156 g/mol. The maximum Gasteiger partial charge on any atom is -0.00608 e. The van der Waals surface area contributed by atoms with Crippen molar-refractivity contribution in [3.8, 4) is 0 Å². The Kier molecular flexibility index (Phi) is 1.80. The van der Waals surface area contributed by atoms with Crippen molar-refractivity contribution in [1.29, 1.82) is 0 Å². The molecule has 13 heavy (non-hydrogen) atoms. The Morgan fingerprint density at radius 3 is 2.31 bits per heavy atom. The molecule has 0 radical (unpaired) electrons. The van der Waals surface area contributed by atoms with E-state index in [0.29, 0.717) is 0 Å². The Morgan fingerprint density at radius 2 is 1.62 bits per heavy atom. The average molecular weight is 172 g/mol. The normalized spacial score (nSPS) is 14.8. The number of hydrogen-bond donors (Lipinski definition) is 0. The SMILES string of the molecule is C=C1Cc2c(C)cc(C)c(C)c2C1. The predicted octanol–water partition coefficient (Wildman–Crippen LogP) is 3.27. The van der Waals surface area contributed by atoms with Crippen molar-refractivity contribution >= 4 is 0 Å². The van der Waals surface area contributed by atoms with Gasteiger partial charge in [-0.2, -0.15) is 0 Å². The minimum Gasteiger partial charge on any atom is -0.0992 e. The van der Waals surface area contributed by atoms with E-state index in [1.165, 1.54) is 27.8 Å². The van der Waals surface area contributed by atoms with E-state index in [1.54, 1.807) is 5.56 Å². The van der Waals surface area contributed by atoms with E-state index < -0.39 is 0 Å². The van der Waals surface area contributed by atoms with Crippen LogP contribution in [0.15, 0.2) is 18.2 Å². The van der Waals surface area contributed by atoms with Gasteiger partial charge in [0.25, 0.3) is 0 Å². The smallest absolute Gasteiger partial charge is 0.00608 e. The molecule has 0 spiro atoms. The molecule has 0 atom stereocenters. The number of allylic oxidation sites excluding steroid dienone is 1. The van der Waals surface area contributed by atoms with Crippen molar-refractivity contribution in [2.45, 2.75) is 33.6 Å². The predicted molar refractivity (Wildman–Crippen MR) is 57.2 cm³/mol. The van der Waals surface area contributed by atoms with Crippen molar-refractivity contribution in [3.63, 3.8) is 0 Å². The first-order chi connectivity index (χ1) is 6.09. The molecule has 1 aliphatic rings. The molecule has 0 N–H and O–H groups in total. The molecule has 0 fully saturated rings. The van der Waals surface area contributed by atoms with Crippen molar-refractivity contribution in [1.82, 2.24) is 0 Å². The molecule has 0 nitrogen and oxygen atoms in total. The molecule has 1 aromatic carbocycles. The standard InChI is InChI=1S/C13H16/c1-8-5-12-10(3)7-9(2)11(4)13(12)6-8/h7H,1,5-6H2,2-4H3. The molecule has 0 aliphatic heterocycles. The van der Waals surface area contributed by atoms with E-state index in [9.17, 15) is 0 Å². The molecule has 0 saturated carbocycles. The maximum atomic E-state index is 4.08. The molecule has 0 unspecified atom stereocenters. The van der Waals surface area contributed by atoms with Gasteiger partial charge in [-0.3, -0.25) is 0 Å². The van der Waals surface area contributed by atoms with Crippen LogP contribution in [-0.4, -0.2) is 0 Å². The fourth-order valence-electron chi connectivity index (χ4n) is 2.27. The van der Waals surface area contributed by atoms with E-state index in [-0.39, 0.29) is 0 Å². The van der Waals surface area contributed by atoms with Gasteiger partial charge in [0, 0.05) is 0 Å². The summed E-state index contributed by atoms with van der Waals surface area (Å²) in [5.74, 6) is 0. The lowest BCUT2D eigenvalue weighted by atomic mass is 9.96. The lowest BCUT2D eigenvalue weighted by Gasteiger charge is -2.10. The highest BCUT2D eigenvalue weighted by Gasteiger charge is 2.18. The summed E-state index contributed by atoms with van der Waals surface area (Å²) in [4.78, 5) is 0. The number of fused-ring (bicyclic) bond motifs is 1. The first kappa shape index (κ1) is 8.55. The molecule has 68 valence electrons. The van der Waals surface area contributed by atoms with Gasteiger partial charge in [0.2, 0.25) is 0 Å². The van der Waals surface area contributed by atoms with E-state index >= 15 is 0 Å². The molecular formula is C13H16. The van der Waals surface area contributed by atoms with Crippen LogP contribution in [0.1, 0.15) is 27.8 Å². The second kappa shape index (κ2) is 2.73. The van der Waals surface area contributed by atoms with Gasteiger partial charge in [-0.15, -0.1) is 0 Å². The summed E-state index contributed by atoms with van der Waals surface area (Å²) in [6.07, 6.45) is 2.20. The highest BCUT2D eigenvalue weighted by Crippen LogP contribution is 2.32. The fraction of sp³-hybridized carbons (Fsp3) is 0.385. The van der Waals surface area contributed by atoms with E-state index in [2.05, 4.69) is 33.4 Å². The molecule has 1 aliphatic carbocycles. The first-order valence-electron chi connectivity index (χ1n) is 4.85. The largest absolute Gasteiger partial charge is 0.0992 e. The third-order valence-electron chi connectivity index (χ3n) is 3.17. The van der Waals surface area contributed by atoms with Gasteiger partial charge in [-0.05, 0) is 61.4 Å². The molecule has 0 heteroatoms. The number of benzene rings is 1. The average Bonchev–Trinajstić information content (AvgIpc) is 2.44. The fourth-order valence-corrected chi connectivity index (χ4v) is 2.27. The Bertz CT molecular complexity index is 384. The molecule has 0 heterocycles. The lowest BCUT2D eigenvalue weighted by Crippen LogP contribution is -1.94. The molecule has 1 aromatic rings. The first-order valence-corrected chi connectivity index (χ1v) is 4.85. The quantitative estimate of drug-likeness (QED) is 0.527. The number of hydrogen-bond acceptors (Lipinski definition) is 0. The van der Waals surface area contributed by atoms with Crippen molar-refractivity contribution < 1.29 is 0 Å². The third-order valence-corrected chi connectivity index (χ3v) is 3.17. The monoisotopic (exact) mass is 172 g/mol. The van der Waals surface area contributed by atoms with Crippen LogP contribution < -0.4 is 0 Å². The van der Waals surface area contributed by atoms with Crippen molar-refractivity contribution in [2.75, 3.05) is 0 Å². The molecule has 0 bridgehead atoms. The van der Waals surface area contributed by atoms with Gasteiger partial charge in [-0.1, -0.05) is 18.2 Å². The van der Waals surface area contributed by atoms with Crippen LogP contribution in [0.2, 0.25) is 0 Å². The topological polar surface area (TPSA) is 0 Å². The molecule has 2 rings (SSSR count). The van der Waals surface area contributed by atoms with Crippen molar-refractivity contribution in [3.05, 3.63) is 46.0 Å². The molecule has 0 amide bonds. The second-order valence-corrected chi connectivity index (χ2v) is 4.20. The Labute approximate surface area is 80.3 Å². The molecule has 0 aromatic heterocycles. The van der Waals surface area contributed by atoms with E-state index in [1.807, 2.05) is 0 Å². The van der Waals surface area contributed by atoms with Gasteiger partial charge in [-0.25, -0.2) is 0 Å². The zero-order chi connectivity index (χ0) is 9.59. The van der Waals surface area contributed by atoms with Crippen LogP contribution in [0, 0.1) is 20.8 Å². The van der Waals surface area contributed by atoms with Gasteiger partial charge >= 0.3 is 0 Å².